The first-order valence-electron chi connectivity index (χ1n) is 4.90. The van der Waals surface area contributed by atoms with Crippen molar-refractivity contribution in [3.63, 3.8) is 0 Å². The first kappa shape index (κ1) is 12.5. The molecule has 1 radical (unpaired) electrons. The van der Waals surface area contributed by atoms with E-state index in [1.165, 1.54) is 0 Å². The predicted molar refractivity (Wildman–Crippen MR) is 52.5 cm³/mol. The van der Waals surface area contributed by atoms with Crippen LogP contribution in [0.1, 0.15) is 46.0 Å². The molecule has 0 aliphatic rings. The molecule has 0 aromatic heterocycles. The second-order valence-corrected chi connectivity index (χ2v) is 3.45. The van der Waals surface area contributed by atoms with Crippen LogP contribution < -0.4 is 0 Å². The van der Waals surface area contributed by atoms with Crippen LogP contribution in [-0.4, -0.2) is 21.9 Å². The Morgan fingerprint density at radius 3 is 2.38 bits per heavy atom. The van der Waals surface area contributed by atoms with E-state index in [1.54, 1.807) is 0 Å². The molecule has 0 rings (SSSR count). The summed E-state index contributed by atoms with van der Waals surface area (Å²) in [5.74, 6) is 2.24. The Labute approximate surface area is 81.0 Å². The molecule has 0 saturated heterocycles. The van der Waals surface area contributed by atoms with Gasteiger partial charge in [0.15, 0.2) is 0 Å². The maximum Gasteiger partial charge on any atom is 0.0914 e. The molecule has 0 aliphatic heterocycles. The number of rotatable bonds is 6. The lowest BCUT2D eigenvalue weighted by Gasteiger charge is -2.31. The van der Waals surface area contributed by atoms with Gasteiger partial charge in [0.1, 0.15) is 0 Å². The van der Waals surface area contributed by atoms with Crippen LogP contribution in [-0.2, 0) is 0 Å². The normalized spacial score (nSPS) is 17.5. The number of hydrogen-bond donors (Lipinski definition) is 2. The van der Waals surface area contributed by atoms with Crippen LogP contribution in [0.15, 0.2) is 0 Å². The van der Waals surface area contributed by atoms with Crippen LogP contribution in [0.4, 0.5) is 0 Å². The molecule has 0 bridgehead atoms. The van der Waals surface area contributed by atoms with Gasteiger partial charge < -0.3 is 10.2 Å². The van der Waals surface area contributed by atoms with Gasteiger partial charge in [0.25, 0.3) is 0 Å². The maximum atomic E-state index is 10.0. The molecule has 2 nitrogen and oxygen atoms in total. The Hall–Kier alpha value is -0.520. The molecular weight excluding hydrogens is 164 g/mol. The summed E-state index contributed by atoms with van der Waals surface area (Å²) in [5.41, 5.74) is -1.02. The third-order valence-corrected chi connectivity index (χ3v) is 2.37. The fraction of sp³-hybridized carbons (Fsp3) is 0.818. The van der Waals surface area contributed by atoms with E-state index in [1.807, 2.05) is 13.8 Å². The van der Waals surface area contributed by atoms with Gasteiger partial charge in [-0.05, 0) is 25.7 Å². The zero-order chi connectivity index (χ0) is 10.3. The third-order valence-electron chi connectivity index (χ3n) is 2.37. The van der Waals surface area contributed by atoms with E-state index in [-0.39, 0.29) is 0 Å². The zero-order valence-electron chi connectivity index (χ0n) is 8.51. The second kappa shape index (κ2) is 6.01. The van der Waals surface area contributed by atoms with Crippen LogP contribution in [0.2, 0.25) is 0 Å². The van der Waals surface area contributed by atoms with Crippen LogP contribution in [0, 0.1) is 12.3 Å². The molecule has 0 saturated carbocycles. The molecule has 0 spiro atoms. The lowest BCUT2D eigenvalue weighted by Crippen LogP contribution is -2.41. The van der Waals surface area contributed by atoms with Crippen LogP contribution in [0.3, 0.4) is 0 Å². The highest BCUT2D eigenvalue weighted by atomic mass is 16.3. The first-order valence-corrected chi connectivity index (χ1v) is 4.90. The molecule has 2 heteroatoms. The van der Waals surface area contributed by atoms with Crippen molar-refractivity contribution in [2.45, 2.75) is 57.7 Å². The molecule has 2 N–H and O–H groups in total. The highest BCUT2D eigenvalue weighted by molar-refractivity contribution is 4.89. The fourth-order valence-corrected chi connectivity index (χ4v) is 1.55. The summed E-state index contributed by atoms with van der Waals surface area (Å²) < 4.78 is 0. The quantitative estimate of drug-likeness (QED) is 0.615. The molecule has 0 amide bonds. The van der Waals surface area contributed by atoms with E-state index < -0.39 is 11.7 Å². The third kappa shape index (κ3) is 3.80. The summed E-state index contributed by atoms with van der Waals surface area (Å²) in [6.07, 6.45) is 8.91. The Bertz CT molecular complexity index is 171. The van der Waals surface area contributed by atoms with E-state index in [4.69, 9.17) is 6.42 Å². The minimum atomic E-state index is -1.02. The molecule has 2 atom stereocenters. The summed E-state index contributed by atoms with van der Waals surface area (Å²) in [6, 6.07) is 0. The van der Waals surface area contributed by atoms with Gasteiger partial charge in [-0.1, -0.05) is 26.2 Å². The van der Waals surface area contributed by atoms with Crippen molar-refractivity contribution in [3.05, 3.63) is 6.42 Å². The van der Waals surface area contributed by atoms with Gasteiger partial charge in [-0.25, -0.2) is 0 Å². The van der Waals surface area contributed by atoms with E-state index in [0.29, 0.717) is 25.7 Å². The average Bonchev–Trinajstić information content (AvgIpc) is 2.14. The molecule has 75 valence electrons. The minimum absolute atomic E-state index is 0.410. The summed E-state index contributed by atoms with van der Waals surface area (Å²) in [6.45, 7) is 3.82. The number of aliphatic hydroxyl groups is 2. The molecule has 0 aromatic carbocycles. The topological polar surface area (TPSA) is 40.5 Å². The van der Waals surface area contributed by atoms with Gasteiger partial charge in [-0.2, -0.15) is 0 Å². The van der Waals surface area contributed by atoms with Gasteiger partial charge in [0, 0.05) is 6.42 Å². The Balaban J connectivity index is 4.24. The lowest BCUT2D eigenvalue weighted by molar-refractivity contribution is -0.0862. The smallest absolute Gasteiger partial charge is 0.0914 e. The lowest BCUT2D eigenvalue weighted by atomic mass is 9.86. The number of hydrogen-bond acceptors (Lipinski definition) is 2. The molecule has 0 aromatic rings. The van der Waals surface area contributed by atoms with Gasteiger partial charge in [-0.3, -0.25) is 0 Å². The predicted octanol–water partition coefficient (Wildman–Crippen LogP) is 1.66. The molecule has 0 fully saturated rings. The highest BCUT2D eigenvalue weighted by Gasteiger charge is 2.32. The largest absolute Gasteiger partial charge is 0.390 e. The van der Waals surface area contributed by atoms with Crippen molar-refractivity contribution in [2.24, 2.45) is 0 Å². The molecule has 13 heavy (non-hydrogen) atoms. The van der Waals surface area contributed by atoms with Gasteiger partial charge >= 0.3 is 0 Å². The average molecular weight is 183 g/mol. The van der Waals surface area contributed by atoms with Crippen molar-refractivity contribution in [1.29, 1.82) is 0 Å². The fourth-order valence-electron chi connectivity index (χ4n) is 1.55. The second-order valence-electron chi connectivity index (χ2n) is 3.45. The summed E-state index contributed by atoms with van der Waals surface area (Å²) in [4.78, 5) is 0. The number of aliphatic hydroxyl groups excluding tert-OH is 1. The van der Waals surface area contributed by atoms with E-state index in [0.717, 1.165) is 6.42 Å². The molecule has 0 aliphatic carbocycles. The molecular formula is C11H19O2. The summed E-state index contributed by atoms with van der Waals surface area (Å²) >= 11 is 0. The van der Waals surface area contributed by atoms with E-state index in [9.17, 15) is 10.2 Å². The van der Waals surface area contributed by atoms with E-state index >= 15 is 0 Å². The SMILES string of the molecule is [C]#CCCC(O)(CCC)C(O)CC. The first-order chi connectivity index (χ1) is 6.10. The van der Waals surface area contributed by atoms with Crippen molar-refractivity contribution in [1.82, 2.24) is 0 Å². The van der Waals surface area contributed by atoms with Gasteiger partial charge in [0.05, 0.1) is 11.7 Å². The molecule has 2 unspecified atom stereocenters. The Kier molecular flexibility index (Phi) is 5.77. The van der Waals surface area contributed by atoms with Crippen molar-refractivity contribution >= 4 is 0 Å². The van der Waals surface area contributed by atoms with Gasteiger partial charge in [-0.15, -0.1) is 0 Å². The summed E-state index contributed by atoms with van der Waals surface area (Å²) in [5, 5.41) is 19.6. The monoisotopic (exact) mass is 183 g/mol. The van der Waals surface area contributed by atoms with Crippen LogP contribution in [0.25, 0.3) is 0 Å². The van der Waals surface area contributed by atoms with Crippen molar-refractivity contribution in [3.8, 4) is 5.92 Å². The Morgan fingerprint density at radius 1 is 1.38 bits per heavy atom. The van der Waals surface area contributed by atoms with Gasteiger partial charge in [0.2, 0.25) is 0 Å². The zero-order valence-corrected chi connectivity index (χ0v) is 8.51. The van der Waals surface area contributed by atoms with Crippen molar-refractivity contribution < 1.29 is 10.2 Å². The Morgan fingerprint density at radius 2 is 2.00 bits per heavy atom. The molecule has 0 heterocycles. The van der Waals surface area contributed by atoms with Crippen LogP contribution >= 0.6 is 0 Å². The maximum absolute atomic E-state index is 10.0. The standard InChI is InChI=1S/C11H19O2/c1-4-7-9-11(13,8-5-2)10(12)6-3/h10,12-13H,5-9H2,2-3H3. The summed E-state index contributed by atoms with van der Waals surface area (Å²) in [7, 11) is 0. The van der Waals surface area contributed by atoms with Crippen molar-refractivity contribution in [2.75, 3.05) is 0 Å². The highest BCUT2D eigenvalue weighted by Crippen LogP contribution is 2.25. The van der Waals surface area contributed by atoms with E-state index in [2.05, 4.69) is 5.92 Å². The minimum Gasteiger partial charge on any atom is -0.390 e. The van der Waals surface area contributed by atoms with Crippen LogP contribution in [0.5, 0.6) is 0 Å².